The van der Waals surface area contributed by atoms with Gasteiger partial charge in [-0.2, -0.15) is 0 Å². The van der Waals surface area contributed by atoms with Crippen molar-refractivity contribution >= 4 is 34.0 Å². The zero-order valence-electron chi connectivity index (χ0n) is 16.8. The molecule has 0 bridgehead atoms. The number of nitrogens with zero attached hydrogens (tertiary/aromatic N) is 3. The summed E-state index contributed by atoms with van der Waals surface area (Å²) in [5, 5.41) is 6.35. The molecular formula is C23H25ClN4OS. The van der Waals surface area contributed by atoms with Crippen LogP contribution in [-0.4, -0.2) is 53.4 Å². The molecule has 0 atom stereocenters. The SMILES string of the molecule is O=C(CCN1CCN(Cc2ccc(Cl)cc2)CC1)Nc1nc(-c2ccccc2)cs1. The van der Waals surface area contributed by atoms with Crippen LogP contribution in [0.25, 0.3) is 11.3 Å². The van der Waals surface area contributed by atoms with Gasteiger partial charge in [-0.25, -0.2) is 4.98 Å². The molecule has 0 radical (unpaired) electrons. The fraction of sp³-hybridized carbons (Fsp3) is 0.304. The van der Waals surface area contributed by atoms with Gasteiger partial charge < -0.3 is 10.2 Å². The van der Waals surface area contributed by atoms with Crippen LogP contribution in [0, 0.1) is 0 Å². The summed E-state index contributed by atoms with van der Waals surface area (Å²) in [4.78, 5) is 21.7. The molecule has 0 spiro atoms. The van der Waals surface area contributed by atoms with Crippen LogP contribution < -0.4 is 5.32 Å². The molecule has 0 saturated carbocycles. The summed E-state index contributed by atoms with van der Waals surface area (Å²) in [6, 6.07) is 18.1. The fourth-order valence-electron chi connectivity index (χ4n) is 3.53. The Morgan fingerprint density at radius 2 is 1.70 bits per heavy atom. The highest BCUT2D eigenvalue weighted by molar-refractivity contribution is 7.14. The van der Waals surface area contributed by atoms with Crippen LogP contribution in [0.3, 0.4) is 0 Å². The van der Waals surface area contributed by atoms with Gasteiger partial charge in [0.05, 0.1) is 5.69 Å². The van der Waals surface area contributed by atoms with Gasteiger partial charge in [0.15, 0.2) is 5.13 Å². The molecule has 30 heavy (non-hydrogen) atoms. The van der Waals surface area contributed by atoms with E-state index >= 15 is 0 Å². The molecule has 0 unspecified atom stereocenters. The summed E-state index contributed by atoms with van der Waals surface area (Å²) >= 11 is 7.42. The molecule has 1 saturated heterocycles. The van der Waals surface area contributed by atoms with Gasteiger partial charge in [0.2, 0.25) is 5.91 Å². The van der Waals surface area contributed by atoms with E-state index in [4.69, 9.17) is 11.6 Å². The van der Waals surface area contributed by atoms with E-state index in [1.54, 1.807) is 0 Å². The van der Waals surface area contributed by atoms with Crippen LogP contribution in [0.2, 0.25) is 5.02 Å². The highest BCUT2D eigenvalue weighted by Gasteiger charge is 2.18. The molecule has 1 amide bonds. The van der Waals surface area contributed by atoms with Crippen molar-refractivity contribution in [1.29, 1.82) is 0 Å². The van der Waals surface area contributed by atoms with Crippen LogP contribution in [0.4, 0.5) is 5.13 Å². The minimum atomic E-state index is 0.0209. The van der Waals surface area contributed by atoms with Gasteiger partial charge in [-0.3, -0.25) is 9.69 Å². The van der Waals surface area contributed by atoms with Crippen LogP contribution in [0.15, 0.2) is 60.0 Å². The molecular weight excluding hydrogens is 416 g/mol. The third-order valence-electron chi connectivity index (χ3n) is 5.26. The van der Waals surface area contributed by atoms with Crippen molar-refractivity contribution in [2.45, 2.75) is 13.0 Å². The van der Waals surface area contributed by atoms with Gasteiger partial charge in [0, 0.05) is 61.7 Å². The average molecular weight is 441 g/mol. The largest absolute Gasteiger partial charge is 0.302 e. The highest BCUT2D eigenvalue weighted by atomic mass is 35.5. The number of hydrogen-bond acceptors (Lipinski definition) is 5. The van der Waals surface area contributed by atoms with Gasteiger partial charge >= 0.3 is 0 Å². The first-order chi connectivity index (χ1) is 14.7. The normalized spacial score (nSPS) is 15.2. The maximum Gasteiger partial charge on any atom is 0.227 e. The van der Waals surface area contributed by atoms with Crippen LogP contribution in [-0.2, 0) is 11.3 Å². The van der Waals surface area contributed by atoms with E-state index in [0.29, 0.717) is 11.6 Å². The highest BCUT2D eigenvalue weighted by Crippen LogP contribution is 2.24. The molecule has 3 aromatic rings. The van der Waals surface area contributed by atoms with Crippen molar-refractivity contribution in [3.05, 3.63) is 70.6 Å². The average Bonchev–Trinajstić information content (AvgIpc) is 3.24. The molecule has 0 aliphatic carbocycles. The molecule has 1 aliphatic heterocycles. The maximum absolute atomic E-state index is 12.3. The Morgan fingerprint density at radius 3 is 2.43 bits per heavy atom. The Kier molecular flexibility index (Phi) is 7.12. The lowest BCUT2D eigenvalue weighted by molar-refractivity contribution is -0.116. The van der Waals surface area contributed by atoms with Crippen LogP contribution >= 0.6 is 22.9 Å². The topological polar surface area (TPSA) is 48.5 Å². The lowest BCUT2D eigenvalue weighted by Gasteiger charge is -2.34. The van der Waals surface area contributed by atoms with Crippen molar-refractivity contribution in [1.82, 2.24) is 14.8 Å². The molecule has 1 fully saturated rings. The van der Waals surface area contributed by atoms with E-state index in [0.717, 1.165) is 55.5 Å². The fourth-order valence-corrected chi connectivity index (χ4v) is 4.39. The number of carbonyl (C=O) groups is 1. The van der Waals surface area contributed by atoms with Gasteiger partial charge in [-0.1, -0.05) is 54.1 Å². The summed E-state index contributed by atoms with van der Waals surface area (Å²) in [7, 11) is 0. The van der Waals surface area contributed by atoms with Crippen molar-refractivity contribution in [2.75, 3.05) is 38.0 Å². The number of anilines is 1. The van der Waals surface area contributed by atoms with Crippen LogP contribution in [0.5, 0.6) is 0 Å². The number of thiazole rings is 1. The predicted octanol–water partition coefficient (Wildman–Crippen LogP) is 4.61. The second-order valence-electron chi connectivity index (χ2n) is 7.45. The number of piperazine rings is 1. The predicted molar refractivity (Wildman–Crippen MR) is 124 cm³/mol. The standard InChI is InChI=1S/C23H25ClN4OS/c24-20-8-6-18(7-9-20)16-28-14-12-27(13-15-28)11-10-22(29)26-23-25-21(17-30-23)19-4-2-1-3-5-19/h1-9,17H,10-16H2,(H,25,26,29). The van der Waals surface area contributed by atoms with Gasteiger partial charge in [0.1, 0.15) is 0 Å². The van der Waals surface area contributed by atoms with Gasteiger partial charge in [0.25, 0.3) is 0 Å². The van der Waals surface area contributed by atoms with E-state index in [-0.39, 0.29) is 5.91 Å². The number of carbonyl (C=O) groups excluding carboxylic acids is 1. The molecule has 2 aromatic carbocycles. The number of aromatic nitrogens is 1. The zero-order valence-corrected chi connectivity index (χ0v) is 18.3. The van der Waals surface area contributed by atoms with E-state index in [1.165, 1.54) is 16.9 Å². The summed E-state index contributed by atoms with van der Waals surface area (Å²) < 4.78 is 0. The number of hydrogen-bond donors (Lipinski definition) is 1. The quantitative estimate of drug-likeness (QED) is 0.582. The lowest BCUT2D eigenvalue weighted by Crippen LogP contribution is -2.46. The summed E-state index contributed by atoms with van der Waals surface area (Å²) in [5.74, 6) is 0.0209. The molecule has 5 nitrogen and oxygen atoms in total. The van der Waals surface area contributed by atoms with Crippen molar-refractivity contribution in [2.24, 2.45) is 0 Å². The van der Waals surface area contributed by atoms with Gasteiger partial charge in [-0.05, 0) is 17.7 Å². The molecule has 156 valence electrons. The first-order valence-corrected chi connectivity index (χ1v) is 11.4. The smallest absolute Gasteiger partial charge is 0.227 e. The molecule has 4 rings (SSSR count). The zero-order chi connectivity index (χ0) is 20.8. The maximum atomic E-state index is 12.3. The number of benzene rings is 2. The summed E-state index contributed by atoms with van der Waals surface area (Å²) in [5.41, 5.74) is 3.24. The monoisotopic (exact) mass is 440 g/mol. The second kappa shape index (κ2) is 10.2. The van der Waals surface area contributed by atoms with E-state index in [9.17, 15) is 4.79 Å². The minimum Gasteiger partial charge on any atom is -0.302 e. The van der Waals surface area contributed by atoms with E-state index < -0.39 is 0 Å². The van der Waals surface area contributed by atoms with Crippen molar-refractivity contribution < 1.29 is 4.79 Å². The third-order valence-corrected chi connectivity index (χ3v) is 6.27. The number of amides is 1. The molecule has 1 N–H and O–H groups in total. The van der Waals surface area contributed by atoms with Crippen molar-refractivity contribution in [3.63, 3.8) is 0 Å². The summed E-state index contributed by atoms with van der Waals surface area (Å²) in [6.07, 6.45) is 0.484. The number of nitrogens with one attached hydrogen (secondary N) is 1. The third kappa shape index (κ3) is 5.89. The lowest BCUT2D eigenvalue weighted by atomic mass is 10.2. The molecule has 1 aliphatic rings. The second-order valence-corrected chi connectivity index (χ2v) is 8.74. The minimum absolute atomic E-state index is 0.0209. The first-order valence-electron chi connectivity index (χ1n) is 10.2. The molecule has 2 heterocycles. The molecule has 1 aromatic heterocycles. The Hall–Kier alpha value is -2.25. The van der Waals surface area contributed by atoms with Gasteiger partial charge in [-0.15, -0.1) is 11.3 Å². The number of halogens is 1. The van der Waals surface area contributed by atoms with E-state index in [1.807, 2.05) is 47.8 Å². The van der Waals surface area contributed by atoms with Crippen molar-refractivity contribution in [3.8, 4) is 11.3 Å². The Morgan fingerprint density at radius 1 is 1.00 bits per heavy atom. The summed E-state index contributed by atoms with van der Waals surface area (Å²) in [6.45, 7) is 5.71. The van der Waals surface area contributed by atoms with E-state index in [2.05, 4.69) is 32.2 Å². The van der Waals surface area contributed by atoms with Crippen LogP contribution in [0.1, 0.15) is 12.0 Å². The Labute approximate surface area is 186 Å². The Bertz CT molecular complexity index is 953. The molecule has 7 heteroatoms. The first kappa shape index (κ1) is 21.0. The number of rotatable bonds is 7. The Balaban J connectivity index is 1.18.